The third kappa shape index (κ3) is 5.52. The lowest BCUT2D eigenvalue weighted by Gasteiger charge is -2.31. The van der Waals surface area contributed by atoms with Crippen LogP contribution in [-0.4, -0.2) is 39.3 Å². The van der Waals surface area contributed by atoms with Gasteiger partial charge in [0.15, 0.2) is 0 Å². The first-order valence-corrected chi connectivity index (χ1v) is 11.5. The number of hydrogen-bond donors (Lipinski definition) is 4. The van der Waals surface area contributed by atoms with Gasteiger partial charge in [0.25, 0.3) is 11.8 Å². The number of nitrogens with one attached hydrogen (secondary N) is 2. The first kappa shape index (κ1) is 23.7. The molecule has 1 saturated carbocycles. The Morgan fingerprint density at radius 2 is 1.79 bits per heavy atom. The highest BCUT2D eigenvalue weighted by Gasteiger charge is 2.31. The van der Waals surface area contributed by atoms with Crippen molar-refractivity contribution < 1.29 is 24.6 Å². The van der Waals surface area contributed by atoms with Gasteiger partial charge in [0.1, 0.15) is 18.5 Å². The summed E-state index contributed by atoms with van der Waals surface area (Å²) in [5.74, 6) is -0.508. The molecule has 1 aliphatic rings. The van der Waals surface area contributed by atoms with E-state index in [2.05, 4.69) is 10.3 Å². The molecule has 0 saturated heterocycles. The molecule has 34 heavy (non-hydrogen) atoms. The number of amides is 2. The number of pyridine rings is 1. The molecule has 8 heteroatoms. The van der Waals surface area contributed by atoms with E-state index in [4.69, 9.17) is 9.94 Å². The number of fused-ring (bicyclic) bond motifs is 1. The fraction of sp³-hybridized carbons (Fsp3) is 0.346. The monoisotopic (exact) mass is 463 g/mol. The first-order chi connectivity index (χ1) is 16.4. The van der Waals surface area contributed by atoms with Crippen LogP contribution in [0.25, 0.3) is 10.9 Å². The van der Waals surface area contributed by atoms with Gasteiger partial charge in [0.2, 0.25) is 0 Å². The third-order valence-corrected chi connectivity index (χ3v) is 6.37. The molecule has 1 heterocycles. The van der Waals surface area contributed by atoms with Gasteiger partial charge >= 0.3 is 0 Å². The van der Waals surface area contributed by atoms with Crippen molar-refractivity contribution in [1.29, 1.82) is 0 Å². The van der Waals surface area contributed by atoms with E-state index in [0.29, 0.717) is 43.6 Å². The van der Waals surface area contributed by atoms with Gasteiger partial charge in [-0.25, -0.2) is 5.48 Å². The van der Waals surface area contributed by atoms with Crippen LogP contribution in [0.2, 0.25) is 0 Å². The van der Waals surface area contributed by atoms with Crippen molar-refractivity contribution in [2.24, 2.45) is 5.92 Å². The van der Waals surface area contributed by atoms with Crippen LogP contribution in [0.5, 0.6) is 5.75 Å². The Morgan fingerprint density at radius 3 is 2.50 bits per heavy atom. The number of aliphatic hydroxyl groups is 1. The van der Waals surface area contributed by atoms with Gasteiger partial charge in [0.05, 0.1) is 5.52 Å². The molecule has 2 amide bonds. The van der Waals surface area contributed by atoms with Crippen LogP contribution in [-0.2, 0) is 11.4 Å². The van der Waals surface area contributed by atoms with E-state index in [9.17, 15) is 14.7 Å². The summed E-state index contributed by atoms with van der Waals surface area (Å²) in [6, 6.07) is 17.0. The standard InChI is InChI=1S/C26H29N3O5/c1-16-14-19(22-4-2-3-5-23(22)27-16)15-34-21-12-8-18(9-13-21)25(31)28-20-10-6-17(7-11-20)24(30)26(32)29-33/h2-5,8-9,12-14,17,20,24,30,33H,6-7,10-11,15H2,1H3,(H,28,31)(H,29,32). The second-order valence-corrected chi connectivity index (χ2v) is 8.76. The molecule has 1 aromatic heterocycles. The third-order valence-electron chi connectivity index (χ3n) is 6.37. The van der Waals surface area contributed by atoms with Crippen molar-refractivity contribution in [3.8, 4) is 5.75 Å². The number of aliphatic hydroxyl groups excluding tert-OH is 1. The van der Waals surface area contributed by atoms with Crippen molar-refractivity contribution in [2.75, 3.05) is 0 Å². The maximum absolute atomic E-state index is 12.7. The maximum Gasteiger partial charge on any atom is 0.272 e. The molecular weight excluding hydrogens is 434 g/mol. The molecule has 1 aliphatic carbocycles. The van der Waals surface area contributed by atoms with Crippen molar-refractivity contribution in [2.45, 2.75) is 51.4 Å². The Kier molecular flexibility index (Phi) is 7.40. The van der Waals surface area contributed by atoms with E-state index in [0.717, 1.165) is 22.2 Å². The Hall–Kier alpha value is -3.49. The highest BCUT2D eigenvalue weighted by atomic mass is 16.5. The lowest BCUT2D eigenvalue weighted by Crippen LogP contribution is -2.43. The molecule has 4 rings (SSSR count). The molecule has 4 N–H and O–H groups in total. The Bertz CT molecular complexity index is 1160. The molecule has 1 unspecified atom stereocenters. The summed E-state index contributed by atoms with van der Waals surface area (Å²) in [7, 11) is 0. The number of nitrogens with zero attached hydrogens (tertiary/aromatic N) is 1. The molecule has 0 aliphatic heterocycles. The molecule has 2 aromatic carbocycles. The Labute approximate surface area is 197 Å². The summed E-state index contributed by atoms with van der Waals surface area (Å²) >= 11 is 0. The molecule has 3 aromatic rings. The van der Waals surface area contributed by atoms with Gasteiger partial charge < -0.3 is 15.2 Å². The summed E-state index contributed by atoms with van der Waals surface area (Å²) in [5.41, 5.74) is 4.96. The van der Waals surface area contributed by atoms with Gasteiger partial charge in [-0.05, 0) is 74.9 Å². The van der Waals surface area contributed by atoms with E-state index >= 15 is 0 Å². The van der Waals surface area contributed by atoms with E-state index in [1.807, 2.05) is 37.3 Å². The number of carbonyl (C=O) groups excluding carboxylic acids is 2. The zero-order valence-corrected chi connectivity index (χ0v) is 19.0. The molecule has 178 valence electrons. The SMILES string of the molecule is Cc1cc(COc2ccc(C(=O)NC3CCC(C(O)C(=O)NO)CC3)cc2)c2ccccc2n1. The fourth-order valence-corrected chi connectivity index (χ4v) is 4.51. The predicted molar refractivity (Wildman–Crippen MR) is 126 cm³/mol. The Morgan fingerprint density at radius 1 is 1.09 bits per heavy atom. The average molecular weight is 464 g/mol. The van der Waals surface area contributed by atoms with Gasteiger partial charge in [-0.15, -0.1) is 0 Å². The van der Waals surface area contributed by atoms with Crippen LogP contribution < -0.4 is 15.5 Å². The lowest BCUT2D eigenvalue weighted by molar-refractivity contribution is -0.141. The van der Waals surface area contributed by atoms with Gasteiger partial charge in [-0.1, -0.05) is 18.2 Å². The number of ether oxygens (including phenoxy) is 1. The largest absolute Gasteiger partial charge is 0.489 e. The molecule has 0 radical (unpaired) electrons. The van der Waals surface area contributed by atoms with E-state index in [-0.39, 0.29) is 17.9 Å². The van der Waals surface area contributed by atoms with Crippen LogP contribution in [0.3, 0.4) is 0 Å². The molecule has 1 fully saturated rings. The topological polar surface area (TPSA) is 121 Å². The van der Waals surface area contributed by atoms with Crippen LogP contribution in [0.4, 0.5) is 0 Å². The molecule has 0 bridgehead atoms. The van der Waals surface area contributed by atoms with Crippen LogP contribution in [0.1, 0.15) is 47.3 Å². The predicted octanol–water partition coefficient (Wildman–Crippen LogP) is 3.28. The zero-order chi connectivity index (χ0) is 24.1. The molecular formula is C26H29N3O5. The van der Waals surface area contributed by atoms with E-state index in [1.165, 1.54) is 5.48 Å². The number of aryl methyl sites for hydroxylation is 1. The average Bonchev–Trinajstić information content (AvgIpc) is 2.87. The van der Waals surface area contributed by atoms with Crippen molar-refractivity contribution in [3.05, 3.63) is 71.4 Å². The lowest BCUT2D eigenvalue weighted by atomic mass is 9.82. The zero-order valence-electron chi connectivity index (χ0n) is 19.0. The minimum Gasteiger partial charge on any atom is -0.489 e. The summed E-state index contributed by atoms with van der Waals surface area (Å²) < 4.78 is 5.97. The van der Waals surface area contributed by atoms with E-state index < -0.39 is 12.0 Å². The first-order valence-electron chi connectivity index (χ1n) is 11.5. The number of para-hydroxylation sites is 1. The number of aromatic nitrogens is 1. The van der Waals surface area contributed by atoms with Crippen molar-refractivity contribution >= 4 is 22.7 Å². The number of hydrogen-bond acceptors (Lipinski definition) is 6. The van der Waals surface area contributed by atoms with Crippen LogP contribution >= 0.6 is 0 Å². The summed E-state index contributed by atoms with van der Waals surface area (Å²) in [5, 5.41) is 22.7. The van der Waals surface area contributed by atoms with Gasteiger partial charge in [-0.2, -0.15) is 0 Å². The number of carbonyl (C=O) groups is 2. The second-order valence-electron chi connectivity index (χ2n) is 8.76. The summed E-state index contributed by atoms with van der Waals surface area (Å²) in [6.07, 6.45) is 1.27. The number of benzene rings is 2. The van der Waals surface area contributed by atoms with Crippen LogP contribution in [0.15, 0.2) is 54.6 Å². The minimum atomic E-state index is -1.23. The highest BCUT2D eigenvalue weighted by Crippen LogP contribution is 2.27. The van der Waals surface area contributed by atoms with Gasteiger partial charge in [-0.3, -0.25) is 19.8 Å². The highest BCUT2D eigenvalue weighted by molar-refractivity contribution is 5.94. The molecule has 0 spiro atoms. The number of hydroxylamine groups is 1. The quantitative estimate of drug-likeness (QED) is 0.315. The van der Waals surface area contributed by atoms with Crippen molar-refractivity contribution in [1.82, 2.24) is 15.8 Å². The smallest absolute Gasteiger partial charge is 0.272 e. The Balaban J connectivity index is 1.30. The van der Waals surface area contributed by atoms with Crippen LogP contribution in [0, 0.1) is 12.8 Å². The summed E-state index contributed by atoms with van der Waals surface area (Å²) in [4.78, 5) is 28.6. The number of rotatable bonds is 7. The fourth-order valence-electron chi connectivity index (χ4n) is 4.51. The minimum absolute atomic E-state index is 0.0210. The van der Waals surface area contributed by atoms with Gasteiger partial charge in [0, 0.05) is 28.2 Å². The second kappa shape index (κ2) is 10.6. The van der Waals surface area contributed by atoms with Crippen molar-refractivity contribution in [3.63, 3.8) is 0 Å². The molecule has 1 atom stereocenters. The normalized spacial score (nSPS) is 18.8. The van der Waals surface area contributed by atoms with E-state index in [1.54, 1.807) is 24.3 Å². The maximum atomic E-state index is 12.7. The summed E-state index contributed by atoms with van der Waals surface area (Å²) in [6.45, 7) is 2.36. The molecule has 8 nitrogen and oxygen atoms in total.